The number of nitrogens with zero attached hydrogens (tertiary/aromatic N) is 1. The number of benzene rings is 3. The van der Waals surface area contributed by atoms with Gasteiger partial charge >= 0.3 is 0 Å². The third kappa shape index (κ3) is 4.75. The Labute approximate surface area is 184 Å². The van der Waals surface area contributed by atoms with Gasteiger partial charge in [0.2, 0.25) is 5.91 Å². The maximum atomic E-state index is 12.7. The van der Waals surface area contributed by atoms with Gasteiger partial charge < -0.3 is 5.32 Å². The Kier molecular flexibility index (Phi) is 6.00. The van der Waals surface area contributed by atoms with E-state index in [1.807, 2.05) is 79.7 Å². The number of thioether (sulfide) groups is 1. The molecule has 1 aliphatic rings. The summed E-state index contributed by atoms with van der Waals surface area (Å²) in [6, 6.07) is 25.1. The number of hydrogen-bond acceptors (Lipinski definition) is 4. The van der Waals surface area contributed by atoms with E-state index >= 15 is 0 Å². The van der Waals surface area contributed by atoms with Crippen LogP contribution in [0.4, 0.5) is 10.5 Å². The van der Waals surface area contributed by atoms with Gasteiger partial charge in [0.05, 0.1) is 4.91 Å². The lowest BCUT2D eigenvalue weighted by molar-refractivity contribution is -0.127. The van der Waals surface area contributed by atoms with Crippen LogP contribution in [0.1, 0.15) is 11.1 Å². The van der Waals surface area contributed by atoms with Crippen LogP contribution in [-0.4, -0.2) is 28.5 Å². The van der Waals surface area contributed by atoms with Gasteiger partial charge in [-0.2, -0.15) is 0 Å². The van der Waals surface area contributed by atoms with Crippen LogP contribution in [0.5, 0.6) is 0 Å². The van der Waals surface area contributed by atoms with E-state index in [9.17, 15) is 14.4 Å². The van der Waals surface area contributed by atoms with Crippen molar-refractivity contribution in [3.8, 4) is 11.1 Å². The molecule has 0 saturated carbocycles. The van der Waals surface area contributed by atoms with Crippen LogP contribution in [0.15, 0.2) is 83.8 Å². The van der Waals surface area contributed by atoms with Crippen molar-refractivity contribution < 1.29 is 14.4 Å². The van der Waals surface area contributed by atoms with E-state index in [0.29, 0.717) is 10.6 Å². The predicted octanol–water partition coefficient (Wildman–Crippen LogP) is 5.34. The molecular weight excluding hydrogens is 408 g/mol. The first-order chi connectivity index (χ1) is 15.0. The minimum Gasteiger partial charge on any atom is -0.324 e. The molecule has 1 fully saturated rings. The summed E-state index contributed by atoms with van der Waals surface area (Å²) in [5, 5.41) is 2.30. The van der Waals surface area contributed by atoms with Crippen LogP contribution in [0.2, 0.25) is 0 Å². The molecule has 1 aliphatic heterocycles. The first kappa shape index (κ1) is 20.6. The predicted molar refractivity (Wildman–Crippen MR) is 124 cm³/mol. The summed E-state index contributed by atoms with van der Waals surface area (Å²) in [6.07, 6.45) is 1.68. The molecule has 3 amide bonds. The fourth-order valence-electron chi connectivity index (χ4n) is 3.24. The molecular formula is C25H20N2O3S. The molecule has 0 radical (unpaired) electrons. The lowest BCUT2D eigenvalue weighted by Gasteiger charge is -2.13. The number of hydrogen-bond donors (Lipinski definition) is 1. The third-order valence-electron chi connectivity index (χ3n) is 4.91. The second-order valence-electron chi connectivity index (χ2n) is 7.12. The van der Waals surface area contributed by atoms with Crippen LogP contribution < -0.4 is 5.32 Å². The molecule has 1 N–H and O–H groups in total. The number of nitrogens with one attached hydrogen (secondary N) is 1. The Morgan fingerprint density at radius 1 is 0.903 bits per heavy atom. The van der Waals surface area contributed by atoms with Crippen LogP contribution in [-0.2, 0) is 9.59 Å². The molecule has 4 rings (SSSR count). The van der Waals surface area contributed by atoms with Crippen molar-refractivity contribution in [2.24, 2.45) is 0 Å². The second-order valence-corrected chi connectivity index (χ2v) is 8.11. The van der Waals surface area contributed by atoms with Gasteiger partial charge in [0.15, 0.2) is 0 Å². The van der Waals surface area contributed by atoms with E-state index in [4.69, 9.17) is 0 Å². The summed E-state index contributed by atoms with van der Waals surface area (Å²) in [5.74, 6) is -0.868. The van der Waals surface area contributed by atoms with Crippen LogP contribution in [0.25, 0.3) is 17.2 Å². The maximum absolute atomic E-state index is 12.7. The summed E-state index contributed by atoms with van der Waals surface area (Å²) >= 11 is 0.847. The van der Waals surface area contributed by atoms with Crippen molar-refractivity contribution in [3.05, 3.63) is 94.9 Å². The molecule has 0 aromatic heterocycles. The summed E-state index contributed by atoms with van der Waals surface area (Å²) in [4.78, 5) is 38.7. The van der Waals surface area contributed by atoms with Gasteiger partial charge in [-0.3, -0.25) is 19.3 Å². The molecule has 0 unspecified atom stereocenters. The first-order valence-electron chi connectivity index (χ1n) is 9.77. The normalized spacial score (nSPS) is 14.9. The van der Waals surface area contributed by atoms with Gasteiger partial charge in [-0.1, -0.05) is 72.8 Å². The Morgan fingerprint density at radius 2 is 1.55 bits per heavy atom. The monoisotopic (exact) mass is 428 g/mol. The van der Waals surface area contributed by atoms with E-state index in [2.05, 4.69) is 5.32 Å². The van der Waals surface area contributed by atoms with E-state index < -0.39 is 17.1 Å². The average Bonchev–Trinajstić information content (AvgIpc) is 3.04. The highest BCUT2D eigenvalue weighted by molar-refractivity contribution is 8.18. The number of amides is 3. The highest BCUT2D eigenvalue weighted by atomic mass is 32.2. The zero-order valence-electron chi connectivity index (χ0n) is 16.9. The number of anilines is 1. The molecule has 0 spiro atoms. The highest BCUT2D eigenvalue weighted by Gasteiger charge is 2.36. The van der Waals surface area contributed by atoms with Gasteiger partial charge in [0.25, 0.3) is 11.1 Å². The van der Waals surface area contributed by atoms with Gasteiger partial charge in [-0.25, -0.2) is 0 Å². The molecule has 0 atom stereocenters. The van der Waals surface area contributed by atoms with Crippen LogP contribution in [0, 0.1) is 6.92 Å². The Morgan fingerprint density at radius 3 is 2.26 bits per heavy atom. The fraction of sp³-hybridized carbons (Fsp3) is 0.0800. The molecule has 3 aromatic rings. The van der Waals surface area contributed by atoms with Crippen molar-refractivity contribution in [2.45, 2.75) is 6.92 Å². The van der Waals surface area contributed by atoms with Crippen LogP contribution in [0.3, 0.4) is 0 Å². The molecule has 0 bridgehead atoms. The average molecular weight is 429 g/mol. The maximum Gasteiger partial charge on any atom is 0.294 e. The van der Waals surface area contributed by atoms with E-state index in [1.54, 1.807) is 12.1 Å². The van der Waals surface area contributed by atoms with Gasteiger partial charge in [0, 0.05) is 5.69 Å². The van der Waals surface area contributed by atoms with Gasteiger partial charge in [-0.05, 0) is 53.1 Å². The number of carbonyl (C=O) groups excluding carboxylic acids is 3. The lowest BCUT2D eigenvalue weighted by atomic mass is 10.0. The summed E-state index contributed by atoms with van der Waals surface area (Å²) in [5.41, 5.74) is 4.56. The number of para-hydroxylation sites is 1. The quantitative estimate of drug-likeness (QED) is 0.557. The van der Waals surface area contributed by atoms with Crippen molar-refractivity contribution in [1.82, 2.24) is 4.90 Å². The van der Waals surface area contributed by atoms with E-state index in [-0.39, 0.29) is 6.54 Å². The van der Waals surface area contributed by atoms with Crippen molar-refractivity contribution in [2.75, 3.05) is 11.9 Å². The largest absolute Gasteiger partial charge is 0.324 e. The second kappa shape index (κ2) is 9.02. The number of aryl methyl sites for hydroxylation is 1. The minimum absolute atomic E-state index is 0.307. The molecule has 5 nitrogen and oxygen atoms in total. The fourth-order valence-corrected chi connectivity index (χ4v) is 4.07. The van der Waals surface area contributed by atoms with E-state index in [0.717, 1.165) is 38.9 Å². The first-order valence-corrected chi connectivity index (χ1v) is 10.6. The summed E-state index contributed by atoms with van der Waals surface area (Å²) < 4.78 is 0. The lowest BCUT2D eigenvalue weighted by Crippen LogP contribution is -2.36. The highest BCUT2D eigenvalue weighted by Crippen LogP contribution is 2.32. The number of rotatable bonds is 5. The van der Waals surface area contributed by atoms with E-state index in [1.165, 1.54) is 0 Å². The van der Waals surface area contributed by atoms with Gasteiger partial charge in [-0.15, -0.1) is 0 Å². The van der Waals surface area contributed by atoms with Crippen molar-refractivity contribution in [3.63, 3.8) is 0 Å². The van der Waals surface area contributed by atoms with Crippen molar-refractivity contribution >= 4 is 40.6 Å². The smallest absolute Gasteiger partial charge is 0.294 e. The molecule has 154 valence electrons. The Hall–Kier alpha value is -3.64. The molecule has 0 aliphatic carbocycles. The third-order valence-corrected chi connectivity index (χ3v) is 5.82. The molecule has 3 aromatic carbocycles. The zero-order valence-corrected chi connectivity index (χ0v) is 17.7. The molecule has 1 saturated heterocycles. The molecule has 1 heterocycles. The minimum atomic E-state index is -0.456. The molecule has 6 heteroatoms. The number of imide groups is 1. The summed E-state index contributed by atoms with van der Waals surface area (Å²) in [7, 11) is 0. The van der Waals surface area contributed by atoms with Crippen LogP contribution >= 0.6 is 11.8 Å². The topological polar surface area (TPSA) is 66.5 Å². The van der Waals surface area contributed by atoms with Gasteiger partial charge in [0.1, 0.15) is 6.54 Å². The standard InChI is InChI=1S/C25H20N2O3S/c1-17-7-5-6-10-21(17)26-23(28)16-27-24(29)22(31-25(27)30)15-18-11-13-20(14-12-18)19-8-3-2-4-9-19/h2-15H,16H2,1H3,(H,26,28)/b22-15-. The summed E-state index contributed by atoms with van der Waals surface area (Å²) in [6.45, 7) is 1.56. The zero-order chi connectivity index (χ0) is 21.8. The SMILES string of the molecule is Cc1ccccc1NC(=O)CN1C(=O)S/C(=C\c2ccc(-c3ccccc3)cc2)C1=O. The Bertz CT molecular complexity index is 1170. The number of carbonyl (C=O) groups is 3. The molecule has 31 heavy (non-hydrogen) atoms. The van der Waals surface area contributed by atoms with Crippen molar-refractivity contribution in [1.29, 1.82) is 0 Å². The Balaban J connectivity index is 1.44.